The van der Waals surface area contributed by atoms with Crippen LogP contribution >= 0.6 is 0 Å². The first-order valence-corrected chi connectivity index (χ1v) is 7.81. The third-order valence-electron chi connectivity index (χ3n) is 4.10. The molecular weight excluding hydrogens is 366 g/mol. The Hall–Kier alpha value is -2.87. The number of aromatic nitrogens is 5. The first-order valence-electron chi connectivity index (χ1n) is 7.81. The van der Waals surface area contributed by atoms with Crippen LogP contribution in [0.3, 0.4) is 0 Å². The topological polar surface area (TPSA) is 182 Å². The number of hydrogen-bond donors (Lipinski definition) is 4. The SMILES string of the molecule is COC(=O)c1cn(Cc2cn([C@@H]3O[C@H](CO)[C@@H](O)[C@H]3O)c(=O)[nH]c2=O)nn1. The fourth-order valence-corrected chi connectivity index (χ4v) is 2.69. The van der Waals surface area contributed by atoms with Gasteiger partial charge in [0.25, 0.3) is 5.56 Å². The van der Waals surface area contributed by atoms with Crippen LogP contribution in [0.25, 0.3) is 0 Å². The van der Waals surface area contributed by atoms with Crippen molar-refractivity contribution < 1.29 is 29.6 Å². The predicted molar refractivity (Wildman–Crippen MR) is 84.8 cm³/mol. The first kappa shape index (κ1) is 18.9. The zero-order chi connectivity index (χ0) is 19.7. The van der Waals surface area contributed by atoms with E-state index in [0.29, 0.717) is 0 Å². The molecule has 1 aliphatic heterocycles. The van der Waals surface area contributed by atoms with Gasteiger partial charge in [0.2, 0.25) is 0 Å². The number of aliphatic hydroxyl groups excluding tert-OH is 3. The smallest absolute Gasteiger partial charge is 0.360 e. The molecule has 0 aliphatic carbocycles. The highest BCUT2D eigenvalue weighted by Gasteiger charge is 2.43. The van der Waals surface area contributed by atoms with Crippen LogP contribution in [0.4, 0.5) is 0 Å². The van der Waals surface area contributed by atoms with E-state index in [1.165, 1.54) is 18.0 Å². The van der Waals surface area contributed by atoms with Gasteiger partial charge in [-0.3, -0.25) is 14.3 Å². The van der Waals surface area contributed by atoms with Crippen molar-refractivity contribution in [3.8, 4) is 0 Å². The molecule has 27 heavy (non-hydrogen) atoms. The number of ether oxygens (including phenoxy) is 2. The van der Waals surface area contributed by atoms with Gasteiger partial charge in [-0.05, 0) is 0 Å². The Morgan fingerprint density at radius 3 is 2.70 bits per heavy atom. The Morgan fingerprint density at radius 2 is 2.07 bits per heavy atom. The fourth-order valence-electron chi connectivity index (χ4n) is 2.69. The summed E-state index contributed by atoms with van der Waals surface area (Å²) in [4.78, 5) is 37.6. The van der Waals surface area contributed by atoms with Crippen molar-refractivity contribution in [1.82, 2.24) is 24.5 Å². The maximum absolute atomic E-state index is 12.1. The molecule has 0 spiro atoms. The number of nitrogens with one attached hydrogen (secondary N) is 1. The van der Waals surface area contributed by atoms with Crippen molar-refractivity contribution in [2.45, 2.75) is 31.1 Å². The number of hydrogen-bond acceptors (Lipinski definition) is 10. The molecule has 1 fully saturated rings. The van der Waals surface area contributed by atoms with E-state index < -0.39 is 48.4 Å². The number of nitrogens with zero attached hydrogens (tertiary/aromatic N) is 4. The number of methoxy groups -OCH3 is 1. The summed E-state index contributed by atoms with van der Waals surface area (Å²) in [6.07, 6.45) is -2.88. The summed E-state index contributed by atoms with van der Waals surface area (Å²) in [6, 6.07) is 0. The molecule has 146 valence electrons. The third-order valence-corrected chi connectivity index (χ3v) is 4.10. The average molecular weight is 383 g/mol. The lowest BCUT2D eigenvalue weighted by atomic mass is 10.1. The minimum absolute atomic E-state index is 0.0497. The Kier molecular flexibility index (Phi) is 5.18. The molecule has 2 aromatic rings. The van der Waals surface area contributed by atoms with Crippen LogP contribution in [-0.2, 0) is 16.0 Å². The van der Waals surface area contributed by atoms with E-state index in [1.54, 1.807) is 0 Å². The first-order chi connectivity index (χ1) is 12.8. The lowest BCUT2D eigenvalue weighted by molar-refractivity contribution is -0.0551. The van der Waals surface area contributed by atoms with Gasteiger partial charge in [0.05, 0.1) is 32.0 Å². The number of H-pyrrole nitrogens is 1. The summed E-state index contributed by atoms with van der Waals surface area (Å²) in [5.41, 5.74) is -1.59. The molecule has 3 heterocycles. The zero-order valence-corrected chi connectivity index (χ0v) is 14.1. The largest absolute Gasteiger partial charge is 0.464 e. The van der Waals surface area contributed by atoms with Gasteiger partial charge in [-0.25, -0.2) is 14.3 Å². The second-order valence-electron chi connectivity index (χ2n) is 5.84. The standard InChI is InChI=1S/C14H17N5O8/c1-26-13(24)7-4-18(17-16-7)2-6-3-19(14(25)15-11(6)23)12-10(22)9(21)8(5-20)27-12/h3-4,8-10,12,20-22H,2,5H2,1H3,(H,15,23,25)/t8-,9-,10-,12-/m1/s1. The molecule has 4 N–H and O–H groups in total. The van der Waals surface area contributed by atoms with E-state index in [1.807, 2.05) is 0 Å². The molecule has 0 saturated carbocycles. The summed E-state index contributed by atoms with van der Waals surface area (Å²) < 4.78 is 11.9. The minimum atomic E-state index is -1.49. The van der Waals surface area contributed by atoms with E-state index >= 15 is 0 Å². The summed E-state index contributed by atoms with van der Waals surface area (Å²) in [7, 11) is 1.18. The van der Waals surface area contributed by atoms with Gasteiger partial charge < -0.3 is 24.8 Å². The number of esters is 1. The number of carbonyl (C=O) groups excluding carboxylic acids is 1. The lowest BCUT2D eigenvalue weighted by Gasteiger charge is -2.17. The highest BCUT2D eigenvalue weighted by atomic mass is 16.6. The monoisotopic (exact) mass is 383 g/mol. The van der Waals surface area contributed by atoms with E-state index in [4.69, 9.17) is 9.84 Å². The van der Waals surface area contributed by atoms with Crippen molar-refractivity contribution in [3.63, 3.8) is 0 Å². The highest BCUT2D eigenvalue weighted by Crippen LogP contribution is 2.27. The normalized spacial score (nSPS) is 24.9. The molecular formula is C14H17N5O8. The van der Waals surface area contributed by atoms with Gasteiger partial charge in [-0.2, -0.15) is 0 Å². The quantitative estimate of drug-likeness (QED) is 0.379. The highest BCUT2D eigenvalue weighted by molar-refractivity contribution is 5.86. The van der Waals surface area contributed by atoms with Crippen LogP contribution in [0.15, 0.2) is 22.0 Å². The molecule has 0 bridgehead atoms. The molecule has 0 aromatic carbocycles. The number of aliphatic hydroxyl groups is 3. The van der Waals surface area contributed by atoms with Crippen LogP contribution in [0, 0.1) is 0 Å². The number of aromatic amines is 1. The molecule has 3 rings (SSSR count). The molecule has 0 radical (unpaired) electrons. The lowest BCUT2D eigenvalue weighted by Crippen LogP contribution is -2.39. The minimum Gasteiger partial charge on any atom is -0.464 e. The number of rotatable bonds is 5. The summed E-state index contributed by atoms with van der Waals surface area (Å²) in [5.74, 6) is -0.702. The second kappa shape index (κ2) is 7.40. The Labute approximate surface area is 150 Å². The van der Waals surface area contributed by atoms with Gasteiger partial charge in [-0.1, -0.05) is 5.21 Å². The molecule has 4 atom stereocenters. The van der Waals surface area contributed by atoms with E-state index in [9.17, 15) is 24.6 Å². The zero-order valence-electron chi connectivity index (χ0n) is 14.1. The van der Waals surface area contributed by atoms with Crippen LogP contribution in [0.1, 0.15) is 22.3 Å². The van der Waals surface area contributed by atoms with Crippen molar-refractivity contribution in [3.05, 3.63) is 44.5 Å². The molecule has 0 unspecified atom stereocenters. The maximum Gasteiger partial charge on any atom is 0.360 e. The van der Waals surface area contributed by atoms with Gasteiger partial charge in [0.1, 0.15) is 18.3 Å². The van der Waals surface area contributed by atoms with Crippen molar-refractivity contribution in [1.29, 1.82) is 0 Å². The molecule has 13 nitrogen and oxygen atoms in total. The van der Waals surface area contributed by atoms with E-state index in [0.717, 1.165) is 10.8 Å². The summed E-state index contributed by atoms with van der Waals surface area (Å²) >= 11 is 0. The molecule has 0 amide bonds. The maximum atomic E-state index is 12.1. The molecule has 1 aliphatic rings. The molecule has 13 heteroatoms. The van der Waals surface area contributed by atoms with Crippen LogP contribution in [0.5, 0.6) is 0 Å². The second-order valence-corrected chi connectivity index (χ2v) is 5.84. The third kappa shape index (κ3) is 3.52. The van der Waals surface area contributed by atoms with Gasteiger partial charge >= 0.3 is 11.7 Å². The van der Waals surface area contributed by atoms with Crippen molar-refractivity contribution in [2.75, 3.05) is 13.7 Å². The summed E-state index contributed by atoms with van der Waals surface area (Å²) in [6.45, 7) is -0.705. The van der Waals surface area contributed by atoms with Gasteiger partial charge in [0.15, 0.2) is 11.9 Å². The van der Waals surface area contributed by atoms with Gasteiger partial charge in [-0.15, -0.1) is 5.10 Å². The predicted octanol–water partition coefficient (Wildman–Crippen LogP) is -3.43. The fraction of sp³-hybridized carbons (Fsp3) is 0.500. The average Bonchev–Trinajstić information content (AvgIpc) is 3.22. The van der Waals surface area contributed by atoms with Crippen LogP contribution < -0.4 is 11.2 Å². The number of carbonyl (C=O) groups is 1. The Bertz CT molecular complexity index is 949. The van der Waals surface area contributed by atoms with Crippen molar-refractivity contribution in [2.24, 2.45) is 0 Å². The molecule has 1 saturated heterocycles. The van der Waals surface area contributed by atoms with Crippen LogP contribution in [0.2, 0.25) is 0 Å². The van der Waals surface area contributed by atoms with Crippen molar-refractivity contribution >= 4 is 5.97 Å². The van der Waals surface area contributed by atoms with E-state index in [2.05, 4.69) is 20.0 Å². The molecule has 2 aromatic heterocycles. The summed E-state index contributed by atoms with van der Waals surface area (Å²) in [5, 5.41) is 36.3. The Balaban J connectivity index is 1.91. The van der Waals surface area contributed by atoms with Crippen LogP contribution in [-0.4, -0.2) is 77.9 Å². The van der Waals surface area contributed by atoms with E-state index in [-0.39, 0.29) is 17.8 Å². The van der Waals surface area contributed by atoms with Gasteiger partial charge in [0, 0.05) is 6.20 Å². The Morgan fingerprint density at radius 1 is 1.33 bits per heavy atom.